The van der Waals surface area contributed by atoms with E-state index in [4.69, 9.17) is 11.6 Å². The SMILES string of the molecule is CN(C)S(=O)(=O)c1cc([N+](=O)[O-])c(Cl)c([N+](=O)[O-])c1. The molecule has 0 N–H and O–H groups in total. The molecule has 1 aromatic rings. The van der Waals surface area contributed by atoms with Crippen molar-refractivity contribution in [2.24, 2.45) is 0 Å². The molecule has 0 radical (unpaired) electrons. The average Bonchev–Trinajstić information content (AvgIpc) is 2.27. The van der Waals surface area contributed by atoms with Crippen molar-refractivity contribution in [1.29, 1.82) is 0 Å². The molecule has 0 saturated carbocycles. The largest absolute Gasteiger partial charge is 0.296 e. The van der Waals surface area contributed by atoms with E-state index in [0.717, 1.165) is 4.31 Å². The zero-order valence-electron chi connectivity index (χ0n) is 9.73. The van der Waals surface area contributed by atoms with E-state index in [1.165, 1.54) is 14.1 Å². The van der Waals surface area contributed by atoms with Crippen molar-refractivity contribution in [2.75, 3.05) is 14.1 Å². The van der Waals surface area contributed by atoms with E-state index in [-0.39, 0.29) is 0 Å². The van der Waals surface area contributed by atoms with Crippen LogP contribution >= 0.6 is 11.6 Å². The normalized spacial score (nSPS) is 11.6. The number of nitrogens with zero attached hydrogens (tertiary/aromatic N) is 3. The Kier molecular flexibility index (Phi) is 4.08. The molecule has 0 unspecified atom stereocenters. The minimum absolute atomic E-state index is 0.569. The highest BCUT2D eigenvalue weighted by molar-refractivity contribution is 7.89. The molecule has 0 aliphatic heterocycles. The second kappa shape index (κ2) is 5.07. The molecule has 9 nitrogen and oxygen atoms in total. The third-order valence-electron chi connectivity index (χ3n) is 2.18. The van der Waals surface area contributed by atoms with E-state index in [1.54, 1.807) is 0 Å². The quantitative estimate of drug-likeness (QED) is 0.611. The maximum absolute atomic E-state index is 11.8. The van der Waals surface area contributed by atoms with E-state index in [1.807, 2.05) is 0 Å². The third-order valence-corrected chi connectivity index (χ3v) is 4.36. The predicted molar refractivity (Wildman–Crippen MR) is 65.6 cm³/mol. The first-order valence-electron chi connectivity index (χ1n) is 4.64. The van der Waals surface area contributed by atoms with E-state index in [2.05, 4.69) is 0 Å². The Hall–Kier alpha value is -1.78. The Labute approximate surface area is 112 Å². The van der Waals surface area contributed by atoms with Gasteiger partial charge >= 0.3 is 0 Å². The van der Waals surface area contributed by atoms with Crippen molar-refractivity contribution in [3.8, 4) is 0 Å². The number of rotatable bonds is 4. The molecular weight excluding hydrogens is 302 g/mol. The van der Waals surface area contributed by atoms with Gasteiger partial charge in [0.05, 0.1) is 14.7 Å². The Bertz CT molecular complexity index is 621. The molecule has 19 heavy (non-hydrogen) atoms. The fraction of sp³-hybridized carbons (Fsp3) is 0.250. The van der Waals surface area contributed by atoms with Crippen LogP contribution in [-0.2, 0) is 10.0 Å². The number of hydrogen-bond donors (Lipinski definition) is 0. The number of sulfonamides is 1. The fourth-order valence-corrected chi connectivity index (χ4v) is 2.38. The highest BCUT2D eigenvalue weighted by Crippen LogP contribution is 2.36. The first kappa shape index (κ1) is 15.3. The third kappa shape index (κ3) is 2.80. The summed E-state index contributed by atoms with van der Waals surface area (Å²) < 4.78 is 24.4. The maximum atomic E-state index is 11.8. The second-order valence-electron chi connectivity index (χ2n) is 3.58. The summed E-state index contributed by atoms with van der Waals surface area (Å²) in [7, 11) is -1.65. The number of nitro benzene ring substituents is 2. The molecule has 0 fully saturated rings. The van der Waals surface area contributed by atoms with Gasteiger partial charge in [-0.05, 0) is 0 Å². The molecule has 0 heterocycles. The summed E-state index contributed by atoms with van der Waals surface area (Å²) in [4.78, 5) is 18.9. The summed E-state index contributed by atoms with van der Waals surface area (Å²) in [6.45, 7) is 0. The van der Waals surface area contributed by atoms with Crippen LogP contribution in [0.5, 0.6) is 0 Å². The molecular formula is C8H8ClN3O6S. The molecule has 104 valence electrons. The van der Waals surface area contributed by atoms with Gasteiger partial charge in [-0.2, -0.15) is 0 Å². The van der Waals surface area contributed by atoms with Crippen molar-refractivity contribution < 1.29 is 18.3 Å². The predicted octanol–water partition coefficient (Wildman–Crippen LogP) is 1.41. The van der Waals surface area contributed by atoms with E-state index in [9.17, 15) is 28.6 Å². The van der Waals surface area contributed by atoms with Crippen molar-refractivity contribution in [3.63, 3.8) is 0 Å². The van der Waals surface area contributed by atoms with Crippen molar-refractivity contribution in [3.05, 3.63) is 37.4 Å². The first-order chi connectivity index (χ1) is 8.59. The molecule has 0 aliphatic rings. The summed E-state index contributed by atoms with van der Waals surface area (Å²) in [6.07, 6.45) is 0. The lowest BCUT2D eigenvalue weighted by molar-refractivity contribution is -0.394. The lowest BCUT2D eigenvalue weighted by Gasteiger charge is -2.11. The van der Waals surface area contributed by atoms with Crippen LogP contribution in [0.3, 0.4) is 0 Å². The van der Waals surface area contributed by atoms with Crippen LogP contribution < -0.4 is 0 Å². The Balaban J connectivity index is 3.71. The molecule has 0 amide bonds. The van der Waals surface area contributed by atoms with Crippen LogP contribution in [0.15, 0.2) is 17.0 Å². The number of nitro groups is 2. The zero-order valence-corrected chi connectivity index (χ0v) is 11.3. The minimum atomic E-state index is -4.04. The summed E-state index contributed by atoms with van der Waals surface area (Å²) in [5, 5.41) is 20.8. The standard InChI is InChI=1S/C8H8ClN3O6S/c1-10(2)19(17,18)5-3-6(11(13)14)8(9)7(4-5)12(15)16/h3-4H,1-2H3. The first-order valence-corrected chi connectivity index (χ1v) is 6.45. The zero-order chi connectivity index (χ0) is 15.0. The summed E-state index contributed by atoms with van der Waals surface area (Å²) in [5.74, 6) is 0. The highest BCUT2D eigenvalue weighted by Gasteiger charge is 2.30. The molecule has 1 aromatic carbocycles. The van der Waals surface area contributed by atoms with Gasteiger partial charge in [-0.3, -0.25) is 20.2 Å². The van der Waals surface area contributed by atoms with Gasteiger partial charge in [-0.15, -0.1) is 0 Å². The molecule has 0 aromatic heterocycles. The summed E-state index contributed by atoms with van der Waals surface area (Å²) in [5.41, 5.74) is -1.67. The number of hydrogen-bond acceptors (Lipinski definition) is 6. The number of benzene rings is 1. The average molecular weight is 310 g/mol. The minimum Gasteiger partial charge on any atom is -0.258 e. The molecule has 0 saturated heterocycles. The van der Waals surface area contributed by atoms with Crippen LogP contribution in [0.25, 0.3) is 0 Å². The van der Waals surface area contributed by atoms with E-state index < -0.39 is 41.2 Å². The maximum Gasteiger partial charge on any atom is 0.296 e. The van der Waals surface area contributed by atoms with Gasteiger partial charge < -0.3 is 0 Å². The van der Waals surface area contributed by atoms with E-state index in [0.29, 0.717) is 12.1 Å². The van der Waals surface area contributed by atoms with Gasteiger partial charge in [0.25, 0.3) is 11.4 Å². The Morgan fingerprint density at radius 1 is 1.11 bits per heavy atom. The molecule has 0 aliphatic carbocycles. The lowest BCUT2D eigenvalue weighted by atomic mass is 10.3. The topological polar surface area (TPSA) is 124 Å². The summed E-state index contributed by atoms with van der Waals surface area (Å²) in [6, 6.07) is 1.37. The van der Waals surface area contributed by atoms with Crippen LogP contribution in [0.1, 0.15) is 0 Å². The van der Waals surface area contributed by atoms with Crippen LogP contribution in [-0.4, -0.2) is 36.7 Å². The van der Waals surface area contributed by atoms with Gasteiger partial charge in [-0.25, -0.2) is 12.7 Å². The summed E-state index contributed by atoms with van der Waals surface area (Å²) >= 11 is 5.51. The fourth-order valence-electron chi connectivity index (χ4n) is 1.19. The van der Waals surface area contributed by atoms with Crippen LogP contribution in [0.4, 0.5) is 11.4 Å². The lowest BCUT2D eigenvalue weighted by Crippen LogP contribution is -2.22. The molecule has 0 bridgehead atoms. The monoisotopic (exact) mass is 309 g/mol. The second-order valence-corrected chi connectivity index (χ2v) is 6.11. The highest BCUT2D eigenvalue weighted by atomic mass is 35.5. The molecule has 1 rings (SSSR count). The molecule has 11 heteroatoms. The molecule has 0 atom stereocenters. The Morgan fingerprint density at radius 2 is 1.47 bits per heavy atom. The smallest absolute Gasteiger partial charge is 0.258 e. The molecule has 0 spiro atoms. The van der Waals surface area contributed by atoms with Crippen molar-refractivity contribution in [1.82, 2.24) is 4.31 Å². The van der Waals surface area contributed by atoms with E-state index >= 15 is 0 Å². The van der Waals surface area contributed by atoms with Gasteiger partial charge in [0.15, 0.2) is 5.02 Å². The van der Waals surface area contributed by atoms with Crippen molar-refractivity contribution >= 4 is 33.0 Å². The van der Waals surface area contributed by atoms with Gasteiger partial charge in [0.1, 0.15) is 0 Å². The van der Waals surface area contributed by atoms with Gasteiger partial charge in [-0.1, -0.05) is 11.6 Å². The Morgan fingerprint density at radius 3 is 1.74 bits per heavy atom. The van der Waals surface area contributed by atoms with Crippen LogP contribution in [0.2, 0.25) is 5.02 Å². The van der Waals surface area contributed by atoms with Gasteiger partial charge in [0, 0.05) is 26.2 Å². The van der Waals surface area contributed by atoms with Crippen molar-refractivity contribution in [2.45, 2.75) is 4.90 Å². The number of halogens is 1. The van der Waals surface area contributed by atoms with Crippen LogP contribution in [0, 0.1) is 20.2 Å². The van der Waals surface area contributed by atoms with Gasteiger partial charge in [0.2, 0.25) is 10.0 Å².